The van der Waals surface area contributed by atoms with Crippen LogP contribution in [0.5, 0.6) is 5.75 Å². The van der Waals surface area contributed by atoms with Crippen molar-refractivity contribution in [2.45, 2.75) is 46.6 Å². The van der Waals surface area contributed by atoms with Crippen molar-refractivity contribution in [3.05, 3.63) is 48.0 Å². The van der Waals surface area contributed by atoms with Crippen LogP contribution in [-0.2, 0) is 13.0 Å². The molecule has 3 rings (SSSR count). The predicted octanol–water partition coefficient (Wildman–Crippen LogP) is 4.03. The highest BCUT2D eigenvalue weighted by Crippen LogP contribution is 2.23. The Morgan fingerprint density at radius 3 is 2.78 bits per heavy atom. The van der Waals surface area contributed by atoms with Gasteiger partial charge in [0, 0.05) is 44.0 Å². The number of piperidine rings is 1. The van der Waals surface area contributed by atoms with Crippen LogP contribution in [-0.4, -0.2) is 40.1 Å². The Kier molecular flexibility index (Phi) is 6.54. The van der Waals surface area contributed by atoms with Crippen molar-refractivity contribution in [1.82, 2.24) is 14.5 Å². The predicted molar refractivity (Wildman–Crippen MR) is 107 cm³/mol. The van der Waals surface area contributed by atoms with Gasteiger partial charge in [-0.1, -0.05) is 26.8 Å². The molecular weight excluding hydrogens is 338 g/mol. The minimum atomic E-state index is 0.111. The van der Waals surface area contributed by atoms with E-state index in [-0.39, 0.29) is 5.91 Å². The van der Waals surface area contributed by atoms with Crippen LogP contribution in [0.25, 0.3) is 0 Å². The lowest BCUT2D eigenvalue weighted by atomic mass is 9.96. The minimum Gasteiger partial charge on any atom is -0.493 e. The fraction of sp³-hybridized carbons (Fsp3) is 0.545. The van der Waals surface area contributed by atoms with Crippen molar-refractivity contribution >= 4 is 5.91 Å². The molecule has 1 saturated heterocycles. The summed E-state index contributed by atoms with van der Waals surface area (Å²) in [6.07, 6.45) is 6.98. The average Bonchev–Trinajstić information content (AvgIpc) is 3.14. The van der Waals surface area contributed by atoms with Gasteiger partial charge in [-0.2, -0.15) is 0 Å². The van der Waals surface area contributed by atoms with Crippen molar-refractivity contribution in [1.29, 1.82) is 0 Å². The van der Waals surface area contributed by atoms with E-state index in [9.17, 15) is 4.79 Å². The number of rotatable bonds is 7. The molecule has 2 aromatic rings. The molecule has 0 aliphatic carbocycles. The zero-order valence-electron chi connectivity index (χ0n) is 16.7. The highest BCUT2D eigenvalue weighted by atomic mass is 16.5. The summed E-state index contributed by atoms with van der Waals surface area (Å²) in [6.45, 7) is 9.67. The third-order valence-corrected chi connectivity index (χ3v) is 5.14. The summed E-state index contributed by atoms with van der Waals surface area (Å²) in [5.41, 5.74) is 0.720. The summed E-state index contributed by atoms with van der Waals surface area (Å²) >= 11 is 0. The van der Waals surface area contributed by atoms with Crippen LogP contribution >= 0.6 is 0 Å². The van der Waals surface area contributed by atoms with Gasteiger partial charge < -0.3 is 14.2 Å². The van der Waals surface area contributed by atoms with Crippen LogP contribution in [0.4, 0.5) is 0 Å². The Balaban J connectivity index is 1.54. The standard InChI is InChI=1S/C22H31N3O2/c1-4-21-23-10-13-25(21)15-18-8-11-24(12-9-18)22(26)19-6-5-7-20(14-19)27-16-17(2)3/h5-7,10,13-14,17-18H,4,8-9,11-12,15-16H2,1-3H3. The molecule has 0 atom stereocenters. The highest BCUT2D eigenvalue weighted by Gasteiger charge is 2.24. The Hall–Kier alpha value is -2.30. The third kappa shape index (κ3) is 5.12. The molecule has 2 heterocycles. The Labute approximate surface area is 162 Å². The summed E-state index contributed by atoms with van der Waals surface area (Å²) in [4.78, 5) is 19.3. The third-order valence-electron chi connectivity index (χ3n) is 5.14. The highest BCUT2D eigenvalue weighted by molar-refractivity contribution is 5.94. The normalized spacial score (nSPS) is 15.3. The van der Waals surface area contributed by atoms with Gasteiger partial charge in [-0.05, 0) is 42.9 Å². The van der Waals surface area contributed by atoms with Gasteiger partial charge in [0.25, 0.3) is 5.91 Å². The molecule has 0 saturated carbocycles. The van der Waals surface area contributed by atoms with Gasteiger partial charge in [-0.15, -0.1) is 0 Å². The summed E-state index contributed by atoms with van der Waals surface area (Å²) in [5.74, 6) is 3.10. The van der Waals surface area contributed by atoms with Gasteiger partial charge in [0.2, 0.25) is 0 Å². The van der Waals surface area contributed by atoms with Crippen LogP contribution in [0.1, 0.15) is 49.8 Å². The lowest BCUT2D eigenvalue weighted by molar-refractivity contribution is 0.0682. The summed E-state index contributed by atoms with van der Waals surface area (Å²) < 4.78 is 8.03. The zero-order valence-corrected chi connectivity index (χ0v) is 16.7. The SMILES string of the molecule is CCc1nccn1CC1CCN(C(=O)c2cccc(OCC(C)C)c2)CC1. The number of aryl methyl sites for hydroxylation is 1. The number of likely N-dealkylation sites (tertiary alicyclic amines) is 1. The molecule has 1 fully saturated rings. The zero-order chi connectivity index (χ0) is 19.2. The van der Waals surface area contributed by atoms with E-state index in [4.69, 9.17) is 4.74 Å². The van der Waals surface area contributed by atoms with Crippen LogP contribution in [0.2, 0.25) is 0 Å². The monoisotopic (exact) mass is 369 g/mol. The lowest BCUT2D eigenvalue weighted by Crippen LogP contribution is -2.39. The van der Waals surface area contributed by atoms with Crippen molar-refractivity contribution < 1.29 is 9.53 Å². The Bertz CT molecular complexity index is 746. The molecule has 1 amide bonds. The molecule has 1 aromatic heterocycles. The molecule has 0 bridgehead atoms. The summed E-state index contributed by atoms with van der Waals surface area (Å²) in [7, 11) is 0. The van der Waals surface area contributed by atoms with Crippen molar-refractivity contribution in [2.75, 3.05) is 19.7 Å². The molecular formula is C22H31N3O2. The smallest absolute Gasteiger partial charge is 0.253 e. The van der Waals surface area contributed by atoms with Gasteiger partial charge in [0.1, 0.15) is 11.6 Å². The molecule has 27 heavy (non-hydrogen) atoms. The van der Waals surface area contributed by atoms with Crippen molar-refractivity contribution in [3.63, 3.8) is 0 Å². The molecule has 0 unspecified atom stereocenters. The molecule has 0 radical (unpaired) electrons. The second kappa shape index (κ2) is 9.07. The van der Waals surface area contributed by atoms with E-state index < -0.39 is 0 Å². The molecule has 1 aliphatic rings. The minimum absolute atomic E-state index is 0.111. The van der Waals surface area contributed by atoms with E-state index >= 15 is 0 Å². The summed E-state index contributed by atoms with van der Waals surface area (Å²) in [5, 5.41) is 0. The Morgan fingerprint density at radius 1 is 1.30 bits per heavy atom. The van der Waals surface area contributed by atoms with Crippen molar-refractivity contribution in [3.8, 4) is 5.75 Å². The fourth-order valence-electron chi connectivity index (χ4n) is 3.58. The van der Waals surface area contributed by atoms with E-state index in [0.29, 0.717) is 18.4 Å². The number of aromatic nitrogens is 2. The van der Waals surface area contributed by atoms with Gasteiger partial charge >= 0.3 is 0 Å². The number of hydrogen-bond donors (Lipinski definition) is 0. The maximum Gasteiger partial charge on any atom is 0.253 e. The van der Waals surface area contributed by atoms with Gasteiger partial charge in [-0.3, -0.25) is 4.79 Å². The lowest BCUT2D eigenvalue weighted by Gasteiger charge is -2.32. The number of benzene rings is 1. The summed E-state index contributed by atoms with van der Waals surface area (Å²) in [6, 6.07) is 7.58. The maximum absolute atomic E-state index is 12.9. The van der Waals surface area contributed by atoms with Gasteiger partial charge in [0.05, 0.1) is 6.61 Å². The van der Waals surface area contributed by atoms with Crippen LogP contribution in [0.15, 0.2) is 36.7 Å². The van der Waals surface area contributed by atoms with Crippen LogP contribution in [0, 0.1) is 11.8 Å². The molecule has 0 N–H and O–H groups in total. The van der Waals surface area contributed by atoms with Gasteiger partial charge in [-0.25, -0.2) is 4.98 Å². The number of nitrogens with zero attached hydrogens (tertiary/aromatic N) is 3. The first-order valence-corrected chi connectivity index (χ1v) is 10.1. The first kappa shape index (κ1) is 19.5. The van der Waals surface area contributed by atoms with Crippen LogP contribution in [0.3, 0.4) is 0 Å². The van der Waals surface area contributed by atoms with E-state index in [2.05, 4.69) is 36.5 Å². The molecule has 146 valence electrons. The Morgan fingerprint density at radius 2 is 2.07 bits per heavy atom. The number of carbonyl (C=O) groups excluding carboxylic acids is 1. The quantitative estimate of drug-likeness (QED) is 0.740. The molecule has 1 aromatic carbocycles. The number of amides is 1. The number of carbonyl (C=O) groups is 1. The van der Waals surface area contributed by atoms with E-state index in [1.807, 2.05) is 35.4 Å². The average molecular weight is 370 g/mol. The van der Waals surface area contributed by atoms with Gasteiger partial charge in [0.15, 0.2) is 0 Å². The molecule has 5 heteroatoms. The second-order valence-corrected chi connectivity index (χ2v) is 7.82. The number of ether oxygens (including phenoxy) is 1. The first-order valence-electron chi connectivity index (χ1n) is 10.1. The topological polar surface area (TPSA) is 47.4 Å². The molecule has 1 aliphatic heterocycles. The maximum atomic E-state index is 12.9. The largest absolute Gasteiger partial charge is 0.493 e. The van der Waals surface area contributed by atoms with Crippen molar-refractivity contribution in [2.24, 2.45) is 11.8 Å². The van der Waals surface area contributed by atoms with Crippen LogP contribution < -0.4 is 4.74 Å². The van der Waals surface area contributed by atoms with E-state index in [1.165, 1.54) is 0 Å². The second-order valence-electron chi connectivity index (χ2n) is 7.82. The molecule has 0 spiro atoms. The number of imidazole rings is 1. The van der Waals surface area contributed by atoms with E-state index in [0.717, 1.165) is 56.0 Å². The number of hydrogen-bond acceptors (Lipinski definition) is 3. The molecule has 5 nitrogen and oxygen atoms in total. The fourth-order valence-corrected chi connectivity index (χ4v) is 3.58. The van der Waals surface area contributed by atoms with E-state index in [1.54, 1.807) is 0 Å². The first-order chi connectivity index (χ1) is 13.1.